The van der Waals surface area contributed by atoms with E-state index in [2.05, 4.69) is 9.97 Å². The molecule has 1 unspecified atom stereocenters. The predicted molar refractivity (Wildman–Crippen MR) is 77.4 cm³/mol. The number of alkyl halides is 3. The molecule has 3 rings (SSSR count). The summed E-state index contributed by atoms with van der Waals surface area (Å²) in [6.07, 6.45) is -1.10. The fourth-order valence-electron chi connectivity index (χ4n) is 2.48. The van der Waals surface area contributed by atoms with Crippen molar-refractivity contribution in [3.05, 3.63) is 89.5 Å². The highest BCUT2D eigenvalue weighted by Crippen LogP contribution is 2.34. The number of aromatic nitrogens is 2. The molecule has 0 saturated heterocycles. The molecule has 0 fully saturated rings. The van der Waals surface area contributed by atoms with E-state index in [-0.39, 0.29) is 5.92 Å². The Morgan fingerprint density at radius 3 is 2.27 bits per heavy atom. The lowest BCUT2D eigenvalue weighted by atomic mass is 9.89. The minimum atomic E-state index is -4.36. The molecule has 112 valence electrons. The molecule has 0 saturated carbocycles. The molecule has 2 nitrogen and oxygen atoms in total. The third-order valence-corrected chi connectivity index (χ3v) is 3.47. The predicted octanol–water partition coefficient (Wildman–Crippen LogP) is 4.61. The second-order valence-corrected chi connectivity index (χ2v) is 4.94. The molecule has 5 heteroatoms. The Morgan fingerprint density at radius 2 is 1.64 bits per heavy atom. The van der Waals surface area contributed by atoms with Gasteiger partial charge in [-0.15, -0.1) is 0 Å². The number of nitrogens with one attached hydrogen (secondary N) is 1. The van der Waals surface area contributed by atoms with Crippen LogP contribution in [0.25, 0.3) is 0 Å². The van der Waals surface area contributed by atoms with Crippen molar-refractivity contribution in [2.24, 2.45) is 0 Å². The average Bonchev–Trinajstić information content (AvgIpc) is 3.02. The molecule has 0 amide bonds. The van der Waals surface area contributed by atoms with Crippen LogP contribution >= 0.6 is 0 Å². The minimum Gasteiger partial charge on any atom is -0.348 e. The number of H-pyrrole nitrogens is 1. The van der Waals surface area contributed by atoms with Crippen molar-refractivity contribution in [1.82, 2.24) is 9.97 Å². The van der Waals surface area contributed by atoms with Gasteiger partial charge in [0.1, 0.15) is 5.82 Å². The van der Waals surface area contributed by atoms with Crippen molar-refractivity contribution in [2.45, 2.75) is 12.1 Å². The first-order valence-electron chi connectivity index (χ1n) is 6.77. The smallest absolute Gasteiger partial charge is 0.348 e. The quantitative estimate of drug-likeness (QED) is 0.752. The summed E-state index contributed by atoms with van der Waals surface area (Å²) in [5.74, 6) is 0.254. The molecule has 0 aliphatic carbocycles. The molecule has 22 heavy (non-hydrogen) atoms. The summed E-state index contributed by atoms with van der Waals surface area (Å²) in [5.41, 5.74) is 0.783. The van der Waals surface area contributed by atoms with Crippen LogP contribution in [0.15, 0.2) is 67.0 Å². The summed E-state index contributed by atoms with van der Waals surface area (Å²) in [4.78, 5) is 7.22. The fourth-order valence-corrected chi connectivity index (χ4v) is 2.48. The van der Waals surface area contributed by atoms with Crippen molar-refractivity contribution in [3.8, 4) is 0 Å². The number of benzene rings is 2. The van der Waals surface area contributed by atoms with Crippen LogP contribution in [-0.2, 0) is 6.18 Å². The van der Waals surface area contributed by atoms with Gasteiger partial charge in [0, 0.05) is 12.4 Å². The third-order valence-electron chi connectivity index (χ3n) is 3.47. The average molecular weight is 302 g/mol. The van der Waals surface area contributed by atoms with E-state index in [1.165, 1.54) is 12.1 Å². The molecular weight excluding hydrogens is 289 g/mol. The van der Waals surface area contributed by atoms with Crippen LogP contribution in [0.3, 0.4) is 0 Å². The molecule has 1 heterocycles. The van der Waals surface area contributed by atoms with Gasteiger partial charge in [-0.25, -0.2) is 4.98 Å². The Kier molecular flexibility index (Phi) is 3.71. The zero-order chi connectivity index (χ0) is 15.6. The van der Waals surface area contributed by atoms with Crippen LogP contribution in [0.4, 0.5) is 13.2 Å². The minimum absolute atomic E-state index is 0.363. The molecule has 2 aromatic carbocycles. The molecule has 1 N–H and O–H groups in total. The van der Waals surface area contributed by atoms with Gasteiger partial charge < -0.3 is 4.98 Å². The van der Waals surface area contributed by atoms with E-state index in [0.717, 1.165) is 11.6 Å². The van der Waals surface area contributed by atoms with E-state index in [9.17, 15) is 13.2 Å². The lowest BCUT2D eigenvalue weighted by molar-refractivity contribution is -0.137. The van der Waals surface area contributed by atoms with Gasteiger partial charge in [-0.1, -0.05) is 48.5 Å². The number of halogens is 3. The number of imidazole rings is 1. The van der Waals surface area contributed by atoms with Gasteiger partial charge in [0.15, 0.2) is 0 Å². The van der Waals surface area contributed by atoms with Gasteiger partial charge in [0.2, 0.25) is 0 Å². The summed E-state index contributed by atoms with van der Waals surface area (Å²) in [6, 6.07) is 14.7. The number of aromatic amines is 1. The maximum absolute atomic E-state index is 13.0. The second kappa shape index (κ2) is 5.67. The van der Waals surface area contributed by atoms with Crippen molar-refractivity contribution >= 4 is 0 Å². The monoisotopic (exact) mass is 302 g/mol. The van der Waals surface area contributed by atoms with E-state index >= 15 is 0 Å². The molecule has 0 bridgehead atoms. The van der Waals surface area contributed by atoms with Crippen LogP contribution in [0.5, 0.6) is 0 Å². The Balaban J connectivity index is 2.11. The SMILES string of the molecule is FC(F)(F)c1cccc(C(c2ccccc2)c2ncc[nH]2)c1. The molecule has 0 aliphatic heterocycles. The standard InChI is InChI=1S/C17H13F3N2/c18-17(19,20)14-8-4-7-13(11-14)15(16-21-9-10-22-16)12-5-2-1-3-6-12/h1-11,15H,(H,21,22). The first kappa shape index (κ1) is 14.4. The summed E-state index contributed by atoms with van der Waals surface area (Å²) in [6.45, 7) is 0. The first-order valence-corrected chi connectivity index (χ1v) is 6.77. The largest absolute Gasteiger partial charge is 0.416 e. The van der Waals surface area contributed by atoms with Gasteiger partial charge >= 0.3 is 6.18 Å². The molecule has 0 spiro atoms. The van der Waals surface area contributed by atoms with Gasteiger partial charge in [-0.2, -0.15) is 13.2 Å². The maximum atomic E-state index is 13.0. The van der Waals surface area contributed by atoms with E-state index in [1.54, 1.807) is 18.5 Å². The van der Waals surface area contributed by atoms with Crippen molar-refractivity contribution in [3.63, 3.8) is 0 Å². The van der Waals surface area contributed by atoms with E-state index in [4.69, 9.17) is 0 Å². The van der Waals surface area contributed by atoms with Crippen molar-refractivity contribution in [2.75, 3.05) is 0 Å². The summed E-state index contributed by atoms with van der Waals surface area (Å²) >= 11 is 0. The van der Waals surface area contributed by atoms with Gasteiger partial charge in [-0.3, -0.25) is 0 Å². The number of rotatable bonds is 3. The second-order valence-electron chi connectivity index (χ2n) is 4.94. The van der Waals surface area contributed by atoms with Gasteiger partial charge in [0.05, 0.1) is 11.5 Å². The highest BCUT2D eigenvalue weighted by atomic mass is 19.4. The lowest BCUT2D eigenvalue weighted by Gasteiger charge is -2.17. The van der Waals surface area contributed by atoms with Crippen LogP contribution in [0.2, 0.25) is 0 Å². The number of hydrogen-bond acceptors (Lipinski definition) is 1. The Hall–Kier alpha value is -2.56. The number of hydrogen-bond donors (Lipinski definition) is 1. The Labute approximate surface area is 125 Å². The zero-order valence-electron chi connectivity index (χ0n) is 11.5. The zero-order valence-corrected chi connectivity index (χ0v) is 11.5. The van der Waals surface area contributed by atoms with E-state index in [0.29, 0.717) is 11.4 Å². The Bertz CT molecular complexity index is 734. The molecule has 1 atom stereocenters. The van der Waals surface area contributed by atoms with Crippen LogP contribution in [0.1, 0.15) is 28.4 Å². The van der Waals surface area contributed by atoms with Crippen molar-refractivity contribution < 1.29 is 13.2 Å². The summed E-state index contributed by atoms with van der Waals surface area (Å²) < 4.78 is 38.9. The van der Waals surface area contributed by atoms with Gasteiger partial charge in [-0.05, 0) is 17.2 Å². The highest BCUT2D eigenvalue weighted by molar-refractivity contribution is 5.40. The molecule has 0 aliphatic rings. The van der Waals surface area contributed by atoms with Gasteiger partial charge in [0.25, 0.3) is 0 Å². The van der Waals surface area contributed by atoms with E-state index < -0.39 is 11.7 Å². The van der Waals surface area contributed by atoms with Crippen LogP contribution in [0, 0.1) is 0 Å². The highest BCUT2D eigenvalue weighted by Gasteiger charge is 2.31. The molecule has 1 aromatic heterocycles. The fraction of sp³-hybridized carbons (Fsp3) is 0.118. The van der Waals surface area contributed by atoms with Crippen molar-refractivity contribution in [1.29, 1.82) is 0 Å². The third kappa shape index (κ3) is 2.88. The van der Waals surface area contributed by atoms with Crippen LogP contribution < -0.4 is 0 Å². The van der Waals surface area contributed by atoms with E-state index in [1.807, 2.05) is 30.3 Å². The maximum Gasteiger partial charge on any atom is 0.416 e. The topological polar surface area (TPSA) is 28.7 Å². The van der Waals surface area contributed by atoms with Crippen LogP contribution in [-0.4, -0.2) is 9.97 Å². The summed E-state index contributed by atoms with van der Waals surface area (Å²) in [7, 11) is 0. The summed E-state index contributed by atoms with van der Waals surface area (Å²) in [5, 5.41) is 0. The molecular formula is C17H13F3N2. The molecule has 3 aromatic rings. The normalized spacial score (nSPS) is 13.0. The molecule has 0 radical (unpaired) electrons. The lowest BCUT2D eigenvalue weighted by Crippen LogP contribution is -2.09. The number of nitrogens with zero attached hydrogens (tertiary/aromatic N) is 1. The first-order chi connectivity index (χ1) is 10.6. The Morgan fingerprint density at radius 1 is 0.909 bits per heavy atom.